The predicted octanol–water partition coefficient (Wildman–Crippen LogP) is 2.17. The van der Waals surface area contributed by atoms with E-state index in [1.807, 2.05) is 0 Å². The lowest BCUT2D eigenvalue weighted by atomic mass is 10.1. The Morgan fingerprint density at radius 1 is 1.47 bits per heavy atom. The molecule has 90 valence electrons. The number of carboxylic acid groups (broad SMARTS) is 1. The Labute approximate surface area is 86.7 Å². The van der Waals surface area contributed by atoms with Gasteiger partial charge in [0.05, 0.1) is 6.42 Å². The van der Waals surface area contributed by atoms with Crippen LogP contribution in [0.1, 0.15) is 32.6 Å². The van der Waals surface area contributed by atoms with Crippen molar-refractivity contribution in [1.82, 2.24) is 5.32 Å². The average Bonchev–Trinajstić information content (AvgIpc) is 2.00. The normalized spacial score (nSPS) is 13.9. The molecule has 3 nitrogen and oxygen atoms in total. The topological polar surface area (TPSA) is 49.3 Å². The molecule has 0 saturated carbocycles. The number of hydrogen-bond donors (Lipinski definition) is 2. The summed E-state index contributed by atoms with van der Waals surface area (Å²) in [5.41, 5.74) is 0. The van der Waals surface area contributed by atoms with Crippen molar-refractivity contribution in [2.75, 3.05) is 6.54 Å². The van der Waals surface area contributed by atoms with Crippen molar-refractivity contribution >= 4 is 5.97 Å². The van der Waals surface area contributed by atoms with E-state index in [9.17, 15) is 18.0 Å². The van der Waals surface area contributed by atoms with Crippen LogP contribution in [0.3, 0.4) is 0 Å². The molecular weight excluding hydrogens is 211 g/mol. The zero-order valence-electron chi connectivity index (χ0n) is 8.60. The number of hydrogen-bond acceptors (Lipinski definition) is 2. The summed E-state index contributed by atoms with van der Waals surface area (Å²) >= 11 is 0. The van der Waals surface area contributed by atoms with E-state index in [-0.39, 0.29) is 18.9 Å². The molecule has 0 aliphatic carbocycles. The fourth-order valence-electron chi connectivity index (χ4n) is 1.14. The maximum atomic E-state index is 11.8. The highest BCUT2D eigenvalue weighted by molar-refractivity contribution is 5.66. The molecule has 0 aromatic heterocycles. The van der Waals surface area contributed by atoms with Crippen LogP contribution in [0.25, 0.3) is 0 Å². The highest BCUT2D eigenvalue weighted by atomic mass is 19.4. The van der Waals surface area contributed by atoms with Crippen molar-refractivity contribution in [3.8, 4) is 0 Å². The molecule has 0 aliphatic heterocycles. The number of nitrogens with one attached hydrogen (secondary N) is 1. The van der Waals surface area contributed by atoms with Gasteiger partial charge in [-0.15, -0.1) is 0 Å². The molecule has 0 aliphatic rings. The SMILES string of the molecule is CC(CCCC(F)(F)F)NCCC(=O)O. The second-order valence-corrected chi connectivity index (χ2v) is 3.51. The van der Waals surface area contributed by atoms with Crippen molar-refractivity contribution < 1.29 is 23.1 Å². The third-order valence-corrected chi connectivity index (χ3v) is 1.93. The Bertz CT molecular complexity index is 194. The number of carboxylic acids is 1. The van der Waals surface area contributed by atoms with Gasteiger partial charge >= 0.3 is 12.1 Å². The van der Waals surface area contributed by atoms with Crippen LogP contribution in [0.2, 0.25) is 0 Å². The number of alkyl halides is 3. The average molecular weight is 227 g/mol. The van der Waals surface area contributed by atoms with Crippen LogP contribution in [-0.4, -0.2) is 29.8 Å². The maximum absolute atomic E-state index is 11.8. The summed E-state index contributed by atoms with van der Waals surface area (Å²) in [5.74, 6) is -0.912. The van der Waals surface area contributed by atoms with Crippen molar-refractivity contribution in [2.45, 2.75) is 44.8 Å². The first-order chi connectivity index (χ1) is 6.81. The molecule has 1 atom stereocenters. The van der Waals surface area contributed by atoms with Gasteiger partial charge in [-0.05, 0) is 19.8 Å². The smallest absolute Gasteiger partial charge is 0.389 e. The number of carbonyl (C=O) groups is 1. The molecule has 0 spiro atoms. The molecule has 0 rings (SSSR count). The van der Waals surface area contributed by atoms with Crippen molar-refractivity contribution in [1.29, 1.82) is 0 Å². The van der Waals surface area contributed by atoms with Gasteiger partial charge < -0.3 is 10.4 Å². The van der Waals surface area contributed by atoms with Crippen LogP contribution < -0.4 is 5.32 Å². The quantitative estimate of drug-likeness (QED) is 0.700. The second kappa shape index (κ2) is 6.66. The van der Waals surface area contributed by atoms with Crippen LogP contribution in [0.15, 0.2) is 0 Å². The van der Waals surface area contributed by atoms with E-state index in [1.54, 1.807) is 6.92 Å². The molecular formula is C9H16F3NO2. The lowest BCUT2D eigenvalue weighted by Crippen LogP contribution is -2.28. The Balaban J connectivity index is 3.41. The van der Waals surface area contributed by atoms with Crippen LogP contribution in [0, 0.1) is 0 Å². The summed E-state index contributed by atoms with van der Waals surface area (Å²) in [6, 6.07) is -0.0771. The van der Waals surface area contributed by atoms with E-state index in [2.05, 4.69) is 5.32 Å². The number of rotatable bonds is 7. The third-order valence-electron chi connectivity index (χ3n) is 1.93. The fourth-order valence-corrected chi connectivity index (χ4v) is 1.14. The highest BCUT2D eigenvalue weighted by Gasteiger charge is 2.26. The summed E-state index contributed by atoms with van der Waals surface area (Å²) in [4.78, 5) is 10.1. The first-order valence-corrected chi connectivity index (χ1v) is 4.83. The zero-order valence-corrected chi connectivity index (χ0v) is 8.60. The minimum absolute atomic E-state index is 0.0103. The van der Waals surface area contributed by atoms with Crippen LogP contribution in [-0.2, 0) is 4.79 Å². The highest BCUT2D eigenvalue weighted by Crippen LogP contribution is 2.22. The van der Waals surface area contributed by atoms with Crippen LogP contribution in [0.4, 0.5) is 13.2 Å². The first kappa shape index (κ1) is 14.2. The molecule has 2 N–H and O–H groups in total. The van der Waals surface area contributed by atoms with Gasteiger partial charge in [-0.25, -0.2) is 0 Å². The molecule has 0 heterocycles. The zero-order chi connectivity index (χ0) is 11.9. The fraction of sp³-hybridized carbons (Fsp3) is 0.889. The van der Waals surface area contributed by atoms with Gasteiger partial charge in [0.2, 0.25) is 0 Å². The minimum Gasteiger partial charge on any atom is -0.481 e. The summed E-state index contributed by atoms with van der Waals surface area (Å²) in [6.45, 7) is 2.04. The van der Waals surface area contributed by atoms with E-state index in [0.29, 0.717) is 13.0 Å². The predicted molar refractivity (Wildman–Crippen MR) is 49.6 cm³/mol. The van der Waals surface area contributed by atoms with Crippen molar-refractivity contribution in [2.24, 2.45) is 0 Å². The molecule has 0 saturated heterocycles. The third kappa shape index (κ3) is 11.1. The Morgan fingerprint density at radius 3 is 2.53 bits per heavy atom. The standard InChI is InChI=1S/C9H16F3NO2/c1-7(13-6-4-8(14)15)3-2-5-9(10,11)12/h7,13H,2-6H2,1H3,(H,14,15). The molecule has 0 bridgehead atoms. The molecule has 6 heteroatoms. The molecule has 0 fully saturated rings. The van der Waals surface area contributed by atoms with Crippen LogP contribution in [0.5, 0.6) is 0 Å². The van der Waals surface area contributed by atoms with Crippen molar-refractivity contribution in [3.63, 3.8) is 0 Å². The van der Waals surface area contributed by atoms with E-state index in [4.69, 9.17) is 5.11 Å². The Hall–Kier alpha value is -0.780. The minimum atomic E-state index is -4.10. The molecule has 0 amide bonds. The Morgan fingerprint density at radius 2 is 2.07 bits per heavy atom. The van der Waals surface area contributed by atoms with Gasteiger partial charge in [-0.2, -0.15) is 13.2 Å². The van der Waals surface area contributed by atoms with Gasteiger partial charge in [0.25, 0.3) is 0 Å². The lowest BCUT2D eigenvalue weighted by Gasteiger charge is -2.13. The van der Waals surface area contributed by atoms with Gasteiger partial charge in [-0.3, -0.25) is 4.79 Å². The summed E-state index contributed by atoms with van der Waals surface area (Å²) < 4.78 is 35.3. The van der Waals surface area contributed by atoms with Gasteiger partial charge in [-0.1, -0.05) is 0 Å². The summed E-state index contributed by atoms with van der Waals surface area (Å²) in [7, 11) is 0. The van der Waals surface area contributed by atoms with Crippen molar-refractivity contribution in [3.05, 3.63) is 0 Å². The molecule has 0 radical (unpaired) electrons. The van der Waals surface area contributed by atoms with Gasteiger partial charge in [0.1, 0.15) is 0 Å². The maximum Gasteiger partial charge on any atom is 0.389 e. The number of halogens is 3. The first-order valence-electron chi connectivity index (χ1n) is 4.83. The number of aliphatic carboxylic acids is 1. The molecule has 0 aromatic rings. The molecule has 1 unspecified atom stereocenters. The van der Waals surface area contributed by atoms with Gasteiger partial charge in [0.15, 0.2) is 0 Å². The summed E-state index contributed by atoms with van der Waals surface area (Å²) in [5, 5.41) is 11.2. The largest absolute Gasteiger partial charge is 0.481 e. The summed E-state index contributed by atoms with van der Waals surface area (Å²) in [6.07, 6.45) is -4.41. The van der Waals surface area contributed by atoms with E-state index in [1.165, 1.54) is 0 Å². The lowest BCUT2D eigenvalue weighted by molar-refractivity contribution is -0.137. The van der Waals surface area contributed by atoms with E-state index < -0.39 is 18.6 Å². The molecule has 0 aromatic carbocycles. The monoisotopic (exact) mass is 227 g/mol. The van der Waals surface area contributed by atoms with Crippen LogP contribution >= 0.6 is 0 Å². The Kier molecular flexibility index (Phi) is 6.31. The second-order valence-electron chi connectivity index (χ2n) is 3.51. The van der Waals surface area contributed by atoms with E-state index >= 15 is 0 Å². The van der Waals surface area contributed by atoms with Gasteiger partial charge in [0, 0.05) is 19.0 Å². The van der Waals surface area contributed by atoms with E-state index in [0.717, 1.165) is 0 Å². The molecule has 15 heavy (non-hydrogen) atoms.